The number of β-amino-alcohol motifs (C(OH)–C–C–N with tert-alkyl or cyclic N) is 1. The van der Waals surface area contributed by atoms with Crippen LogP contribution in [0.2, 0.25) is 0 Å². The van der Waals surface area contributed by atoms with E-state index in [1.165, 1.54) is 24.8 Å². The predicted molar refractivity (Wildman–Crippen MR) is 77.7 cm³/mol. The lowest BCUT2D eigenvalue weighted by Crippen LogP contribution is -2.38. The first-order valence-electron chi connectivity index (χ1n) is 7.26. The van der Waals surface area contributed by atoms with Gasteiger partial charge in [-0.25, -0.2) is 0 Å². The summed E-state index contributed by atoms with van der Waals surface area (Å²) < 4.78 is 5.74. The fourth-order valence-corrected chi connectivity index (χ4v) is 2.56. The summed E-state index contributed by atoms with van der Waals surface area (Å²) in [6.07, 6.45) is 3.43. The highest BCUT2D eigenvalue weighted by Crippen LogP contribution is 2.20. The average Bonchev–Trinajstić information content (AvgIpc) is 2.42. The van der Waals surface area contributed by atoms with E-state index in [1.54, 1.807) is 0 Å². The van der Waals surface area contributed by atoms with E-state index in [2.05, 4.69) is 24.8 Å². The molecule has 1 aliphatic heterocycles. The minimum atomic E-state index is -0.405. The quantitative estimate of drug-likeness (QED) is 0.886. The largest absolute Gasteiger partial charge is 0.491 e. The molecular formula is C16H25NO2. The maximum atomic E-state index is 10.1. The lowest BCUT2D eigenvalue weighted by Gasteiger charge is -2.28. The number of hydrogen-bond donors (Lipinski definition) is 1. The van der Waals surface area contributed by atoms with Crippen molar-refractivity contribution in [3.05, 3.63) is 29.3 Å². The fraction of sp³-hybridized carbons (Fsp3) is 0.625. The van der Waals surface area contributed by atoms with Crippen molar-refractivity contribution >= 4 is 0 Å². The van der Waals surface area contributed by atoms with Crippen molar-refractivity contribution in [1.82, 2.24) is 4.90 Å². The van der Waals surface area contributed by atoms with Gasteiger partial charge in [0.2, 0.25) is 0 Å². The summed E-state index contributed by atoms with van der Waals surface area (Å²) in [5.74, 6) is 0.887. The molecule has 0 aliphatic carbocycles. The molecule has 1 N–H and O–H groups in total. The molecule has 0 spiro atoms. The molecule has 1 aromatic carbocycles. The van der Waals surface area contributed by atoms with Crippen LogP contribution in [0.25, 0.3) is 0 Å². The van der Waals surface area contributed by atoms with Crippen molar-refractivity contribution in [3.8, 4) is 5.75 Å². The van der Waals surface area contributed by atoms with Gasteiger partial charge in [-0.1, -0.05) is 18.6 Å². The van der Waals surface area contributed by atoms with Crippen molar-refractivity contribution in [3.63, 3.8) is 0 Å². The molecule has 2 rings (SSSR count). The Bertz CT molecular complexity index is 400. The van der Waals surface area contributed by atoms with Crippen LogP contribution in [0.15, 0.2) is 18.2 Å². The zero-order chi connectivity index (χ0) is 13.7. The van der Waals surface area contributed by atoms with Gasteiger partial charge in [-0.05, 0) is 57.0 Å². The Morgan fingerprint density at radius 3 is 2.68 bits per heavy atom. The zero-order valence-corrected chi connectivity index (χ0v) is 12.1. The van der Waals surface area contributed by atoms with Gasteiger partial charge in [0, 0.05) is 6.54 Å². The van der Waals surface area contributed by atoms with Crippen molar-refractivity contribution in [2.45, 2.75) is 39.2 Å². The van der Waals surface area contributed by atoms with Crippen molar-refractivity contribution in [2.75, 3.05) is 26.2 Å². The molecule has 1 fully saturated rings. The van der Waals surface area contributed by atoms with E-state index in [4.69, 9.17) is 4.74 Å². The van der Waals surface area contributed by atoms with E-state index in [1.807, 2.05) is 12.1 Å². The number of benzene rings is 1. The van der Waals surface area contributed by atoms with E-state index in [-0.39, 0.29) is 0 Å². The molecular weight excluding hydrogens is 238 g/mol. The van der Waals surface area contributed by atoms with Crippen LogP contribution in [0.5, 0.6) is 5.75 Å². The summed E-state index contributed by atoms with van der Waals surface area (Å²) in [5, 5.41) is 10.1. The predicted octanol–water partition coefficient (Wildman–Crippen LogP) is 2.53. The zero-order valence-electron chi connectivity index (χ0n) is 12.1. The summed E-state index contributed by atoms with van der Waals surface area (Å²) in [6.45, 7) is 7.46. The van der Waals surface area contributed by atoms with Crippen molar-refractivity contribution in [1.29, 1.82) is 0 Å². The standard InChI is InChI=1S/C16H25NO2/c1-13-7-6-8-16(14(13)2)19-12-15(18)11-17-9-4-3-5-10-17/h6-8,15,18H,3-5,9-12H2,1-2H3. The lowest BCUT2D eigenvalue weighted by atomic mass is 10.1. The maximum Gasteiger partial charge on any atom is 0.122 e. The Hall–Kier alpha value is -1.06. The van der Waals surface area contributed by atoms with Crippen LogP contribution >= 0.6 is 0 Å². The number of nitrogens with zero attached hydrogens (tertiary/aromatic N) is 1. The highest BCUT2D eigenvalue weighted by molar-refractivity contribution is 5.38. The van der Waals surface area contributed by atoms with E-state index in [9.17, 15) is 5.11 Å². The number of rotatable bonds is 5. The number of aliphatic hydroxyl groups excluding tert-OH is 1. The molecule has 19 heavy (non-hydrogen) atoms. The first-order valence-corrected chi connectivity index (χ1v) is 7.26. The Kier molecular flexibility index (Phi) is 5.23. The molecule has 0 saturated carbocycles. The van der Waals surface area contributed by atoms with Crippen LogP contribution in [-0.4, -0.2) is 42.4 Å². The van der Waals surface area contributed by atoms with Crippen LogP contribution in [0.4, 0.5) is 0 Å². The first-order chi connectivity index (χ1) is 9.16. The molecule has 0 aromatic heterocycles. The third-order valence-electron chi connectivity index (χ3n) is 3.90. The van der Waals surface area contributed by atoms with Gasteiger partial charge in [-0.2, -0.15) is 0 Å². The average molecular weight is 263 g/mol. The summed E-state index contributed by atoms with van der Waals surface area (Å²) in [4.78, 5) is 2.33. The molecule has 1 atom stereocenters. The Balaban J connectivity index is 1.79. The van der Waals surface area contributed by atoms with Gasteiger partial charge < -0.3 is 14.7 Å². The number of aryl methyl sites for hydroxylation is 1. The van der Waals surface area contributed by atoms with Crippen molar-refractivity contribution < 1.29 is 9.84 Å². The number of hydrogen-bond acceptors (Lipinski definition) is 3. The second-order valence-electron chi connectivity index (χ2n) is 5.52. The summed E-state index contributed by atoms with van der Waals surface area (Å²) in [7, 11) is 0. The molecule has 1 heterocycles. The molecule has 0 amide bonds. The molecule has 1 aliphatic rings. The molecule has 1 saturated heterocycles. The van der Waals surface area contributed by atoms with Crippen LogP contribution in [-0.2, 0) is 0 Å². The summed E-state index contributed by atoms with van der Waals surface area (Å²) in [5.41, 5.74) is 2.38. The van der Waals surface area contributed by atoms with Crippen LogP contribution < -0.4 is 4.74 Å². The van der Waals surface area contributed by atoms with Crippen LogP contribution in [0, 0.1) is 13.8 Å². The van der Waals surface area contributed by atoms with Gasteiger partial charge >= 0.3 is 0 Å². The van der Waals surface area contributed by atoms with E-state index in [0.717, 1.165) is 30.9 Å². The van der Waals surface area contributed by atoms with Crippen LogP contribution in [0.1, 0.15) is 30.4 Å². The smallest absolute Gasteiger partial charge is 0.122 e. The molecule has 0 bridgehead atoms. The van der Waals surface area contributed by atoms with E-state index >= 15 is 0 Å². The van der Waals surface area contributed by atoms with Gasteiger partial charge in [0.1, 0.15) is 18.5 Å². The fourth-order valence-electron chi connectivity index (χ4n) is 2.56. The molecule has 3 heteroatoms. The minimum absolute atomic E-state index is 0.376. The highest BCUT2D eigenvalue weighted by atomic mass is 16.5. The van der Waals surface area contributed by atoms with Gasteiger partial charge in [0.05, 0.1) is 0 Å². The van der Waals surface area contributed by atoms with Gasteiger partial charge in [-0.3, -0.25) is 0 Å². The number of likely N-dealkylation sites (tertiary alicyclic amines) is 1. The minimum Gasteiger partial charge on any atom is -0.491 e. The van der Waals surface area contributed by atoms with Gasteiger partial charge in [0.25, 0.3) is 0 Å². The summed E-state index contributed by atoms with van der Waals surface area (Å²) >= 11 is 0. The SMILES string of the molecule is Cc1cccc(OCC(O)CN2CCCCC2)c1C. The van der Waals surface area contributed by atoms with E-state index < -0.39 is 6.10 Å². The highest BCUT2D eigenvalue weighted by Gasteiger charge is 2.15. The molecule has 1 aromatic rings. The second kappa shape index (κ2) is 6.92. The Labute approximate surface area is 116 Å². The third-order valence-corrected chi connectivity index (χ3v) is 3.90. The molecule has 106 valence electrons. The Morgan fingerprint density at radius 2 is 1.95 bits per heavy atom. The van der Waals surface area contributed by atoms with Crippen LogP contribution in [0.3, 0.4) is 0 Å². The first kappa shape index (κ1) is 14.4. The normalized spacial score (nSPS) is 18.3. The van der Waals surface area contributed by atoms with Crippen molar-refractivity contribution in [2.24, 2.45) is 0 Å². The third kappa shape index (κ3) is 4.22. The Morgan fingerprint density at radius 1 is 1.21 bits per heavy atom. The molecule has 1 unspecified atom stereocenters. The lowest BCUT2D eigenvalue weighted by molar-refractivity contribution is 0.0615. The number of ether oxygens (including phenoxy) is 1. The molecule has 3 nitrogen and oxygen atoms in total. The van der Waals surface area contributed by atoms with E-state index in [0.29, 0.717) is 6.61 Å². The second-order valence-corrected chi connectivity index (χ2v) is 5.52. The van der Waals surface area contributed by atoms with Gasteiger partial charge in [-0.15, -0.1) is 0 Å². The monoisotopic (exact) mass is 263 g/mol. The molecule has 0 radical (unpaired) electrons. The maximum absolute atomic E-state index is 10.1. The van der Waals surface area contributed by atoms with Gasteiger partial charge in [0.15, 0.2) is 0 Å². The number of aliphatic hydroxyl groups is 1. The topological polar surface area (TPSA) is 32.7 Å². The number of piperidine rings is 1. The summed E-state index contributed by atoms with van der Waals surface area (Å²) in [6, 6.07) is 6.04.